The standard InChI is InChI=1S/C57H66N2O2/c1-6-8-10-12-14-18-40-60-50-35-31-48(32-36-50)58(46-27-22-43(3)23-28-46)56-52-20-16-17-21-53(52)57(55-42-45(5)26-39-54(55)56)59(47-29-24-44(4)25-30-47)49-33-37-51(38-34-49)61-41-19-15-13-11-9-7-2/h16-17,20-39,42H,6-15,18-19,40-41H2,1-5H3. The number of nitrogens with zero attached hydrogens (tertiary/aromatic N) is 2. The monoisotopic (exact) mass is 811 g/mol. The molecular formula is C57H66N2O2. The zero-order chi connectivity index (χ0) is 42.4. The molecule has 0 N–H and O–H groups in total. The van der Waals surface area contributed by atoms with E-state index in [0.717, 1.165) is 71.7 Å². The van der Waals surface area contributed by atoms with Gasteiger partial charge in [0, 0.05) is 44.3 Å². The summed E-state index contributed by atoms with van der Waals surface area (Å²) in [4.78, 5) is 4.88. The molecule has 7 rings (SSSR count). The summed E-state index contributed by atoms with van der Waals surface area (Å²) < 4.78 is 12.6. The van der Waals surface area contributed by atoms with Crippen molar-refractivity contribution >= 4 is 55.7 Å². The van der Waals surface area contributed by atoms with Crippen LogP contribution in [0.3, 0.4) is 0 Å². The van der Waals surface area contributed by atoms with Crippen LogP contribution in [0.5, 0.6) is 11.5 Å². The van der Waals surface area contributed by atoms with Crippen LogP contribution in [0, 0.1) is 20.8 Å². The van der Waals surface area contributed by atoms with Crippen LogP contribution >= 0.6 is 0 Å². The predicted molar refractivity (Wildman–Crippen MR) is 263 cm³/mol. The molecule has 4 nitrogen and oxygen atoms in total. The minimum absolute atomic E-state index is 0.746. The van der Waals surface area contributed by atoms with Crippen LogP contribution in [0.15, 0.2) is 140 Å². The summed E-state index contributed by atoms with van der Waals surface area (Å²) in [5.41, 5.74) is 10.4. The van der Waals surface area contributed by atoms with Crippen LogP contribution in [0.1, 0.15) is 108 Å². The van der Waals surface area contributed by atoms with Gasteiger partial charge in [-0.3, -0.25) is 0 Å². The van der Waals surface area contributed by atoms with Crippen LogP contribution in [0.25, 0.3) is 21.5 Å². The van der Waals surface area contributed by atoms with Crippen molar-refractivity contribution in [3.63, 3.8) is 0 Å². The molecule has 7 aromatic rings. The van der Waals surface area contributed by atoms with Crippen molar-refractivity contribution in [2.75, 3.05) is 23.0 Å². The zero-order valence-electron chi connectivity index (χ0n) is 37.4. The highest BCUT2D eigenvalue weighted by Crippen LogP contribution is 2.51. The van der Waals surface area contributed by atoms with Gasteiger partial charge < -0.3 is 19.3 Å². The number of fused-ring (bicyclic) bond motifs is 2. The van der Waals surface area contributed by atoms with E-state index in [2.05, 4.69) is 184 Å². The van der Waals surface area contributed by atoms with Gasteiger partial charge in [0.1, 0.15) is 11.5 Å². The maximum atomic E-state index is 6.28. The molecule has 0 atom stereocenters. The molecule has 0 saturated heterocycles. The summed E-state index contributed by atoms with van der Waals surface area (Å²) in [5, 5.41) is 4.72. The number of anilines is 6. The quantitative estimate of drug-likeness (QED) is 0.0387. The molecule has 0 amide bonds. The molecule has 0 aliphatic rings. The molecule has 0 unspecified atom stereocenters. The Labute approximate surface area is 366 Å². The Balaban J connectivity index is 1.32. The molecule has 0 saturated carbocycles. The molecule has 0 spiro atoms. The summed E-state index contributed by atoms with van der Waals surface area (Å²) in [6.45, 7) is 12.5. The van der Waals surface area contributed by atoms with Crippen molar-refractivity contribution < 1.29 is 9.47 Å². The normalized spacial score (nSPS) is 11.3. The topological polar surface area (TPSA) is 24.9 Å². The Morgan fingerprint density at radius 1 is 0.344 bits per heavy atom. The van der Waals surface area contributed by atoms with Gasteiger partial charge in [-0.05, 0) is 112 Å². The largest absolute Gasteiger partial charge is 0.494 e. The van der Waals surface area contributed by atoms with E-state index < -0.39 is 0 Å². The molecule has 0 aliphatic heterocycles. The highest BCUT2D eigenvalue weighted by Gasteiger charge is 2.25. The van der Waals surface area contributed by atoms with E-state index in [-0.39, 0.29) is 0 Å². The van der Waals surface area contributed by atoms with E-state index in [1.165, 1.54) is 102 Å². The molecule has 0 radical (unpaired) electrons. The van der Waals surface area contributed by atoms with Gasteiger partial charge in [-0.1, -0.05) is 155 Å². The Bertz CT molecular complexity index is 2420. The zero-order valence-corrected chi connectivity index (χ0v) is 37.4. The van der Waals surface area contributed by atoms with Crippen LogP contribution < -0.4 is 19.3 Å². The average molecular weight is 811 g/mol. The van der Waals surface area contributed by atoms with Crippen molar-refractivity contribution in [3.05, 3.63) is 156 Å². The third kappa shape index (κ3) is 11.0. The summed E-state index contributed by atoms with van der Waals surface area (Å²) >= 11 is 0. The number of hydrogen-bond acceptors (Lipinski definition) is 4. The second kappa shape index (κ2) is 21.7. The van der Waals surface area contributed by atoms with Gasteiger partial charge >= 0.3 is 0 Å². The molecule has 0 aromatic heterocycles. The number of hydrogen-bond donors (Lipinski definition) is 0. The Kier molecular flexibility index (Phi) is 15.4. The Hall–Kier alpha value is -5.74. The van der Waals surface area contributed by atoms with Crippen molar-refractivity contribution in [2.24, 2.45) is 0 Å². The molecule has 61 heavy (non-hydrogen) atoms. The van der Waals surface area contributed by atoms with Crippen molar-refractivity contribution in [1.82, 2.24) is 0 Å². The van der Waals surface area contributed by atoms with E-state index in [4.69, 9.17) is 9.47 Å². The maximum Gasteiger partial charge on any atom is 0.119 e. The summed E-state index contributed by atoms with van der Waals surface area (Å²) in [7, 11) is 0. The minimum Gasteiger partial charge on any atom is -0.494 e. The molecule has 0 fully saturated rings. The lowest BCUT2D eigenvalue weighted by molar-refractivity contribution is 0.304. The predicted octanol–water partition coefficient (Wildman–Crippen LogP) is 17.3. The van der Waals surface area contributed by atoms with Crippen LogP contribution in [-0.2, 0) is 0 Å². The number of ether oxygens (including phenoxy) is 2. The third-order valence-corrected chi connectivity index (χ3v) is 11.9. The first-order valence-electron chi connectivity index (χ1n) is 23.1. The van der Waals surface area contributed by atoms with Crippen LogP contribution in [-0.4, -0.2) is 13.2 Å². The third-order valence-electron chi connectivity index (χ3n) is 11.9. The van der Waals surface area contributed by atoms with Crippen molar-refractivity contribution in [2.45, 2.75) is 112 Å². The lowest BCUT2D eigenvalue weighted by atomic mass is 9.94. The first-order valence-corrected chi connectivity index (χ1v) is 23.1. The fourth-order valence-electron chi connectivity index (χ4n) is 8.46. The minimum atomic E-state index is 0.746. The first-order chi connectivity index (χ1) is 29.9. The van der Waals surface area contributed by atoms with Gasteiger partial charge in [-0.15, -0.1) is 0 Å². The maximum absolute atomic E-state index is 6.28. The molecular weight excluding hydrogens is 745 g/mol. The average Bonchev–Trinajstić information content (AvgIpc) is 3.28. The Morgan fingerprint density at radius 3 is 1.11 bits per heavy atom. The first kappa shape index (κ1) is 43.4. The number of unbranched alkanes of at least 4 members (excludes halogenated alkanes) is 10. The molecule has 4 heteroatoms. The van der Waals surface area contributed by atoms with E-state index in [1.54, 1.807) is 0 Å². The number of rotatable bonds is 22. The van der Waals surface area contributed by atoms with Gasteiger partial charge in [-0.2, -0.15) is 0 Å². The smallest absolute Gasteiger partial charge is 0.119 e. The molecule has 0 heterocycles. The fraction of sp³-hybridized carbons (Fsp3) is 0.333. The number of aryl methyl sites for hydroxylation is 3. The fourth-order valence-corrected chi connectivity index (χ4v) is 8.46. The van der Waals surface area contributed by atoms with Crippen molar-refractivity contribution in [1.29, 1.82) is 0 Å². The SMILES string of the molecule is CCCCCCCCOc1ccc(N(c2ccc(C)cc2)c2c3ccccc3c(N(c3ccc(C)cc3)c3ccc(OCCCCCCCC)cc3)c3cc(C)ccc23)cc1. The summed E-state index contributed by atoms with van der Waals surface area (Å²) in [6.07, 6.45) is 15.0. The van der Waals surface area contributed by atoms with Gasteiger partial charge in [0.05, 0.1) is 24.6 Å². The highest BCUT2D eigenvalue weighted by molar-refractivity contribution is 6.23. The van der Waals surface area contributed by atoms with Gasteiger partial charge in [0.2, 0.25) is 0 Å². The molecule has 0 aliphatic carbocycles. The van der Waals surface area contributed by atoms with E-state index in [0.29, 0.717) is 0 Å². The lowest BCUT2D eigenvalue weighted by Gasteiger charge is -2.33. The lowest BCUT2D eigenvalue weighted by Crippen LogP contribution is -2.15. The summed E-state index contributed by atoms with van der Waals surface area (Å²) in [6, 6.07) is 51.1. The van der Waals surface area contributed by atoms with E-state index in [1.807, 2.05) is 0 Å². The second-order valence-corrected chi connectivity index (χ2v) is 16.9. The number of benzene rings is 7. The second-order valence-electron chi connectivity index (χ2n) is 16.9. The van der Waals surface area contributed by atoms with Gasteiger partial charge in [0.15, 0.2) is 0 Å². The molecule has 316 valence electrons. The summed E-state index contributed by atoms with van der Waals surface area (Å²) in [5.74, 6) is 1.82. The van der Waals surface area contributed by atoms with Gasteiger partial charge in [-0.25, -0.2) is 0 Å². The molecule has 0 bridgehead atoms. The highest BCUT2D eigenvalue weighted by atomic mass is 16.5. The van der Waals surface area contributed by atoms with Gasteiger partial charge in [0.25, 0.3) is 0 Å². The van der Waals surface area contributed by atoms with Crippen LogP contribution in [0.2, 0.25) is 0 Å². The van der Waals surface area contributed by atoms with E-state index in [9.17, 15) is 0 Å². The molecule has 7 aromatic carbocycles. The van der Waals surface area contributed by atoms with Crippen LogP contribution in [0.4, 0.5) is 34.1 Å². The van der Waals surface area contributed by atoms with E-state index >= 15 is 0 Å². The Morgan fingerprint density at radius 2 is 0.689 bits per heavy atom. The van der Waals surface area contributed by atoms with Crippen molar-refractivity contribution in [3.8, 4) is 11.5 Å².